The largest absolute Gasteiger partial charge is 0.463 e. The monoisotopic (exact) mass is 298 g/mol. The zero-order chi connectivity index (χ0) is 15.8. The van der Waals surface area contributed by atoms with Crippen molar-refractivity contribution in [2.75, 3.05) is 27.4 Å². The Morgan fingerprint density at radius 2 is 2.00 bits per heavy atom. The second-order valence-corrected chi connectivity index (χ2v) is 4.59. The molecule has 0 fully saturated rings. The van der Waals surface area contributed by atoms with Gasteiger partial charge in [0.2, 0.25) is 11.7 Å². The van der Waals surface area contributed by atoms with Crippen molar-refractivity contribution in [3.8, 4) is 0 Å². The lowest BCUT2D eigenvalue weighted by atomic mass is 10.2. The Balaban J connectivity index is 2.51. The fraction of sp³-hybridized carbons (Fsp3) is 0.571. The van der Waals surface area contributed by atoms with E-state index in [1.54, 1.807) is 26.2 Å². The van der Waals surface area contributed by atoms with Crippen molar-refractivity contribution in [3.05, 3.63) is 23.7 Å². The van der Waals surface area contributed by atoms with Gasteiger partial charge in [-0.3, -0.25) is 10.1 Å². The van der Waals surface area contributed by atoms with Gasteiger partial charge in [0.05, 0.1) is 25.8 Å². The van der Waals surface area contributed by atoms with E-state index >= 15 is 0 Å². The summed E-state index contributed by atoms with van der Waals surface area (Å²) >= 11 is 0. The Morgan fingerprint density at radius 3 is 2.62 bits per heavy atom. The molecule has 1 amide bonds. The third kappa shape index (κ3) is 5.20. The van der Waals surface area contributed by atoms with Crippen LogP contribution in [0, 0.1) is 0 Å². The number of esters is 1. The lowest BCUT2D eigenvalue weighted by molar-refractivity contribution is -0.123. The number of rotatable bonds is 8. The molecule has 0 aromatic carbocycles. The van der Waals surface area contributed by atoms with Crippen molar-refractivity contribution in [2.24, 2.45) is 0 Å². The molecule has 7 heteroatoms. The maximum Gasteiger partial charge on any atom is 0.373 e. The van der Waals surface area contributed by atoms with Crippen molar-refractivity contribution < 1.29 is 23.5 Å². The van der Waals surface area contributed by atoms with Gasteiger partial charge in [-0.2, -0.15) is 0 Å². The first kappa shape index (κ1) is 17.2. The minimum Gasteiger partial charge on any atom is -0.463 e. The first-order valence-corrected chi connectivity index (χ1v) is 6.70. The van der Waals surface area contributed by atoms with Gasteiger partial charge >= 0.3 is 5.97 Å². The van der Waals surface area contributed by atoms with E-state index in [1.807, 2.05) is 6.92 Å². The molecule has 0 aliphatic rings. The summed E-state index contributed by atoms with van der Waals surface area (Å²) in [6.07, 6.45) is 0. The molecule has 1 rings (SSSR count). The molecule has 2 atom stereocenters. The quantitative estimate of drug-likeness (QED) is 0.547. The van der Waals surface area contributed by atoms with E-state index in [0.717, 1.165) is 0 Å². The van der Waals surface area contributed by atoms with Gasteiger partial charge in [-0.05, 0) is 26.0 Å². The van der Waals surface area contributed by atoms with Crippen molar-refractivity contribution in [3.63, 3.8) is 0 Å². The van der Waals surface area contributed by atoms with Gasteiger partial charge in [-0.25, -0.2) is 4.79 Å². The summed E-state index contributed by atoms with van der Waals surface area (Å²) in [7, 11) is 2.87. The fourth-order valence-electron chi connectivity index (χ4n) is 1.76. The molecule has 0 aliphatic carbocycles. The molecule has 1 aromatic rings. The lowest BCUT2D eigenvalue weighted by Gasteiger charge is -2.18. The Bertz CT molecular complexity index is 472. The van der Waals surface area contributed by atoms with Crippen molar-refractivity contribution in [1.82, 2.24) is 10.6 Å². The van der Waals surface area contributed by atoms with Gasteiger partial charge in [-0.15, -0.1) is 0 Å². The zero-order valence-electron chi connectivity index (χ0n) is 12.8. The van der Waals surface area contributed by atoms with Gasteiger partial charge in [0.1, 0.15) is 5.76 Å². The number of hydrogen-bond acceptors (Lipinski definition) is 6. The first-order chi connectivity index (χ1) is 9.99. The molecule has 0 radical (unpaired) electrons. The van der Waals surface area contributed by atoms with E-state index in [1.165, 1.54) is 7.11 Å². The lowest BCUT2D eigenvalue weighted by Crippen LogP contribution is -2.43. The number of amides is 1. The Hall–Kier alpha value is -1.86. The number of hydrogen-bond donors (Lipinski definition) is 2. The van der Waals surface area contributed by atoms with Crippen LogP contribution in [-0.2, 0) is 14.3 Å². The molecule has 2 unspecified atom stereocenters. The minimum atomic E-state index is -0.529. The van der Waals surface area contributed by atoms with Crippen LogP contribution >= 0.6 is 0 Å². The molecule has 1 heterocycles. The molecule has 7 nitrogen and oxygen atoms in total. The Labute approximate surface area is 124 Å². The molecule has 2 N–H and O–H groups in total. The van der Waals surface area contributed by atoms with Crippen LogP contribution in [-0.4, -0.2) is 45.3 Å². The highest BCUT2D eigenvalue weighted by atomic mass is 16.5. The van der Waals surface area contributed by atoms with Gasteiger partial charge in [0, 0.05) is 13.7 Å². The Kier molecular flexibility index (Phi) is 6.90. The number of carbonyl (C=O) groups is 2. The van der Waals surface area contributed by atoms with E-state index in [-0.39, 0.29) is 17.7 Å². The van der Waals surface area contributed by atoms with Gasteiger partial charge in [0.25, 0.3) is 0 Å². The molecule has 0 saturated carbocycles. The number of methoxy groups -OCH3 is 2. The second kappa shape index (κ2) is 8.43. The highest BCUT2D eigenvalue weighted by Crippen LogP contribution is 2.17. The van der Waals surface area contributed by atoms with E-state index < -0.39 is 12.0 Å². The number of furan rings is 1. The molecule has 1 aromatic heterocycles. The van der Waals surface area contributed by atoms with Crippen molar-refractivity contribution >= 4 is 11.9 Å². The molecule has 0 bridgehead atoms. The summed E-state index contributed by atoms with van der Waals surface area (Å²) in [6.45, 7) is 4.53. The first-order valence-electron chi connectivity index (χ1n) is 6.70. The van der Waals surface area contributed by atoms with Gasteiger partial charge in [0.15, 0.2) is 0 Å². The summed E-state index contributed by atoms with van der Waals surface area (Å²) in [5.74, 6) is 0.0442. The topological polar surface area (TPSA) is 89.8 Å². The van der Waals surface area contributed by atoms with E-state index in [0.29, 0.717) is 18.9 Å². The van der Waals surface area contributed by atoms with E-state index in [4.69, 9.17) is 9.15 Å². The van der Waals surface area contributed by atoms with Crippen LogP contribution < -0.4 is 10.6 Å². The maximum absolute atomic E-state index is 11.8. The SMILES string of the molecule is COCCNC(=O)C(C)NC(C)c1ccc(C(=O)OC)o1. The predicted octanol–water partition coefficient (Wildman–Crippen LogP) is 0.868. The molecule has 118 valence electrons. The van der Waals surface area contributed by atoms with Crippen LogP contribution in [0.2, 0.25) is 0 Å². The van der Waals surface area contributed by atoms with Crippen LogP contribution in [0.25, 0.3) is 0 Å². The van der Waals surface area contributed by atoms with E-state index in [2.05, 4.69) is 15.4 Å². The number of carbonyl (C=O) groups excluding carboxylic acids is 2. The molecule has 0 aliphatic heterocycles. The number of nitrogens with one attached hydrogen (secondary N) is 2. The van der Waals surface area contributed by atoms with Gasteiger partial charge in [-0.1, -0.05) is 0 Å². The summed E-state index contributed by atoms with van der Waals surface area (Å²) in [6, 6.07) is 2.61. The number of ether oxygens (including phenoxy) is 2. The third-order valence-electron chi connectivity index (χ3n) is 2.94. The molecule has 0 spiro atoms. The van der Waals surface area contributed by atoms with E-state index in [9.17, 15) is 9.59 Å². The molecule has 21 heavy (non-hydrogen) atoms. The molecular formula is C14H22N2O5. The van der Waals surface area contributed by atoms with Crippen LogP contribution in [0.4, 0.5) is 0 Å². The minimum absolute atomic E-state index is 0.126. The van der Waals surface area contributed by atoms with Gasteiger partial charge < -0.3 is 19.2 Å². The smallest absolute Gasteiger partial charge is 0.373 e. The Morgan fingerprint density at radius 1 is 1.29 bits per heavy atom. The summed E-state index contributed by atoms with van der Waals surface area (Å²) in [5.41, 5.74) is 0. The summed E-state index contributed by atoms with van der Waals surface area (Å²) in [5, 5.41) is 5.84. The summed E-state index contributed by atoms with van der Waals surface area (Å²) in [4.78, 5) is 23.1. The fourth-order valence-corrected chi connectivity index (χ4v) is 1.76. The predicted molar refractivity (Wildman–Crippen MR) is 75.9 cm³/mol. The third-order valence-corrected chi connectivity index (χ3v) is 2.94. The summed E-state index contributed by atoms with van der Waals surface area (Å²) < 4.78 is 14.8. The second-order valence-electron chi connectivity index (χ2n) is 4.59. The van der Waals surface area contributed by atoms with Crippen molar-refractivity contribution in [2.45, 2.75) is 25.9 Å². The van der Waals surface area contributed by atoms with Crippen LogP contribution in [0.3, 0.4) is 0 Å². The van der Waals surface area contributed by atoms with Crippen molar-refractivity contribution in [1.29, 1.82) is 0 Å². The molecule has 0 saturated heterocycles. The zero-order valence-corrected chi connectivity index (χ0v) is 12.8. The highest BCUT2D eigenvalue weighted by Gasteiger charge is 2.19. The normalized spacial score (nSPS) is 13.5. The average Bonchev–Trinajstić information content (AvgIpc) is 2.96. The van der Waals surface area contributed by atoms with Crippen LogP contribution in [0.1, 0.15) is 36.2 Å². The maximum atomic E-state index is 11.8. The molecular weight excluding hydrogens is 276 g/mol. The van der Waals surface area contributed by atoms with Crippen LogP contribution in [0.15, 0.2) is 16.5 Å². The highest BCUT2D eigenvalue weighted by molar-refractivity contribution is 5.86. The average molecular weight is 298 g/mol. The van der Waals surface area contributed by atoms with Crippen LogP contribution in [0.5, 0.6) is 0 Å². The standard InChI is InChI=1S/C14H22N2O5/c1-9(11-5-6-12(21-11)14(18)20-4)16-10(2)13(17)15-7-8-19-3/h5-6,9-10,16H,7-8H2,1-4H3,(H,15,17).